The second kappa shape index (κ2) is 5.37. The van der Waals surface area contributed by atoms with Crippen molar-refractivity contribution in [3.63, 3.8) is 0 Å². The molecule has 0 fully saturated rings. The molecule has 0 bridgehead atoms. The van der Waals surface area contributed by atoms with Crippen LogP contribution in [0.15, 0.2) is 16.9 Å². The third kappa shape index (κ3) is 2.86. The minimum atomic E-state index is -0.584. The van der Waals surface area contributed by atoms with Crippen LogP contribution in [0, 0.1) is 0 Å². The first-order chi connectivity index (χ1) is 7.17. The second-order valence-electron chi connectivity index (χ2n) is 3.24. The van der Waals surface area contributed by atoms with Gasteiger partial charge in [0.15, 0.2) is 5.69 Å². The van der Waals surface area contributed by atoms with Crippen LogP contribution in [0.2, 0.25) is 0 Å². The molecule has 1 amide bonds. The SMILES string of the molecule is CCC(CCl)(CCl)NC(=O)c1ccon1. The highest BCUT2D eigenvalue weighted by molar-refractivity contribution is 6.22. The number of nitrogens with one attached hydrogen (secondary N) is 1. The third-order valence-corrected chi connectivity index (χ3v) is 3.26. The van der Waals surface area contributed by atoms with Gasteiger partial charge in [-0.3, -0.25) is 4.79 Å². The van der Waals surface area contributed by atoms with E-state index in [-0.39, 0.29) is 23.4 Å². The van der Waals surface area contributed by atoms with Gasteiger partial charge in [0.05, 0.1) is 5.54 Å². The minimum absolute atomic E-state index is 0.225. The fraction of sp³-hybridized carbons (Fsp3) is 0.556. The zero-order valence-electron chi connectivity index (χ0n) is 8.30. The lowest BCUT2D eigenvalue weighted by atomic mass is 10.0. The van der Waals surface area contributed by atoms with Gasteiger partial charge in [-0.1, -0.05) is 12.1 Å². The van der Waals surface area contributed by atoms with E-state index in [1.54, 1.807) is 0 Å². The summed E-state index contributed by atoms with van der Waals surface area (Å²) < 4.78 is 4.57. The predicted octanol–water partition coefficient (Wildman–Crippen LogP) is 2.03. The van der Waals surface area contributed by atoms with E-state index in [9.17, 15) is 4.79 Å². The monoisotopic (exact) mass is 250 g/mol. The van der Waals surface area contributed by atoms with E-state index in [4.69, 9.17) is 23.2 Å². The van der Waals surface area contributed by atoms with Crippen molar-refractivity contribution >= 4 is 29.1 Å². The first-order valence-electron chi connectivity index (χ1n) is 4.52. The molecule has 84 valence electrons. The Balaban J connectivity index is 2.71. The number of carbonyl (C=O) groups excluding carboxylic acids is 1. The maximum absolute atomic E-state index is 11.6. The highest BCUT2D eigenvalue weighted by atomic mass is 35.5. The lowest BCUT2D eigenvalue weighted by Gasteiger charge is -2.28. The van der Waals surface area contributed by atoms with Crippen LogP contribution in [0.4, 0.5) is 0 Å². The molecule has 0 saturated heterocycles. The van der Waals surface area contributed by atoms with Crippen molar-refractivity contribution in [1.82, 2.24) is 10.5 Å². The average Bonchev–Trinajstić information content (AvgIpc) is 2.79. The number of halogens is 2. The quantitative estimate of drug-likeness (QED) is 0.814. The fourth-order valence-electron chi connectivity index (χ4n) is 1.01. The van der Waals surface area contributed by atoms with E-state index in [0.717, 1.165) is 0 Å². The van der Waals surface area contributed by atoms with E-state index in [0.29, 0.717) is 6.42 Å². The average molecular weight is 251 g/mol. The lowest BCUT2D eigenvalue weighted by Crippen LogP contribution is -2.51. The highest BCUT2D eigenvalue weighted by Crippen LogP contribution is 2.15. The van der Waals surface area contributed by atoms with Crippen LogP contribution in [0.5, 0.6) is 0 Å². The van der Waals surface area contributed by atoms with E-state index >= 15 is 0 Å². The number of rotatable bonds is 5. The standard InChI is InChI=1S/C9H12Cl2N2O2/c1-2-9(5-10,6-11)12-8(14)7-3-4-15-13-7/h3-4H,2,5-6H2,1H3,(H,12,14). The highest BCUT2D eigenvalue weighted by Gasteiger charge is 2.29. The Kier molecular flexibility index (Phi) is 4.42. The summed E-state index contributed by atoms with van der Waals surface area (Å²) in [7, 11) is 0. The van der Waals surface area contributed by atoms with E-state index in [1.165, 1.54) is 12.3 Å². The van der Waals surface area contributed by atoms with Gasteiger partial charge in [-0.15, -0.1) is 23.2 Å². The Labute approximate surface area is 97.9 Å². The Hall–Kier alpha value is -0.740. The van der Waals surface area contributed by atoms with Crippen molar-refractivity contribution in [1.29, 1.82) is 0 Å². The molecule has 1 N–H and O–H groups in total. The first kappa shape index (κ1) is 12.3. The molecule has 0 unspecified atom stereocenters. The first-order valence-corrected chi connectivity index (χ1v) is 5.59. The van der Waals surface area contributed by atoms with Crippen LogP contribution in [-0.4, -0.2) is 28.4 Å². The molecule has 0 aliphatic carbocycles. The molecule has 0 aliphatic heterocycles. The van der Waals surface area contributed by atoms with Gasteiger partial charge in [0, 0.05) is 17.8 Å². The predicted molar refractivity (Wildman–Crippen MR) is 58.4 cm³/mol. The van der Waals surface area contributed by atoms with Crippen molar-refractivity contribution in [3.05, 3.63) is 18.0 Å². The summed E-state index contributed by atoms with van der Waals surface area (Å²) in [5.74, 6) is 0.194. The number of nitrogens with zero attached hydrogens (tertiary/aromatic N) is 1. The van der Waals surface area contributed by atoms with Gasteiger partial charge >= 0.3 is 0 Å². The molecule has 0 saturated carbocycles. The second-order valence-corrected chi connectivity index (χ2v) is 3.77. The Bertz CT molecular complexity index is 302. The molecule has 1 heterocycles. The minimum Gasteiger partial charge on any atom is -0.364 e. The van der Waals surface area contributed by atoms with Crippen LogP contribution in [0.3, 0.4) is 0 Å². The van der Waals surface area contributed by atoms with Crippen molar-refractivity contribution < 1.29 is 9.32 Å². The summed E-state index contributed by atoms with van der Waals surface area (Å²) in [5.41, 5.74) is -0.359. The van der Waals surface area contributed by atoms with Gasteiger partial charge in [0.25, 0.3) is 5.91 Å². The van der Waals surface area contributed by atoms with Gasteiger partial charge < -0.3 is 9.84 Å². The molecule has 1 aromatic rings. The zero-order chi connectivity index (χ0) is 11.3. The molecule has 6 heteroatoms. The summed E-state index contributed by atoms with van der Waals surface area (Å²) in [4.78, 5) is 11.6. The number of aromatic nitrogens is 1. The van der Waals surface area contributed by atoms with Crippen molar-refractivity contribution in [2.45, 2.75) is 18.9 Å². The smallest absolute Gasteiger partial charge is 0.273 e. The number of amides is 1. The van der Waals surface area contributed by atoms with Gasteiger partial charge in [0.2, 0.25) is 0 Å². The molecule has 0 aromatic carbocycles. The molecular weight excluding hydrogens is 239 g/mol. The van der Waals surface area contributed by atoms with Crippen LogP contribution in [0.25, 0.3) is 0 Å². The topological polar surface area (TPSA) is 55.1 Å². The van der Waals surface area contributed by atoms with Crippen LogP contribution in [0.1, 0.15) is 23.8 Å². The van der Waals surface area contributed by atoms with Gasteiger partial charge in [-0.05, 0) is 6.42 Å². The van der Waals surface area contributed by atoms with Crippen LogP contribution < -0.4 is 5.32 Å². The largest absolute Gasteiger partial charge is 0.364 e. The molecule has 15 heavy (non-hydrogen) atoms. The molecular formula is C9H12Cl2N2O2. The molecule has 1 aromatic heterocycles. The van der Waals surface area contributed by atoms with Gasteiger partial charge in [-0.2, -0.15) is 0 Å². The number of hydrogen-bond donors (Lipinski definition) is 1. The van der Waals surface area contributed by atoms with Crippen LogP contribution >= 0.6 is 23.2 Å². The summed E-state index contributed by atoms with van der Waals surface area (Å²) >= 11 is 11.6. The molecule has 4 nitrogen and oxygen atoms in total. The maximum atomic E-state index is 11.6. The number of hydrogen-bond acceptors (Lipinski definition) is 3. The lowest BCUT2D eigenvalue weighted by molar-refractivity contribution is 0.0904. The molecule has 0 radical (unpaired) electrons. The van der Waals surface area contributed by atoms with E-state index < -0.39 is 5.54 Å². The zero-order valence-corrected chi connectivity index (χ0v) is 9.81. The van der Waals surface area contributed by atoms with Crippen molar-refractivity contribution in [2.75, 3.05) is 11.8 Å². The van der Waals surface area contributed by atoms with Gasteiger partial charge in [-0.25, -0.2) is 0 Å². The van der Waals surface area contributed by atoms with E-state index in [2.05, 4.69) is 15.0 Å². The summed E-state index contributed by atoms with van der Waals surface area (Å²) in [5, 5.41) is 6.29. The Morgan fingerprint density at radius 1 is 1.60 bits per heavy atom. The van der Waals surface area contributed by atoms with Crippen LogP contribution in [-0.2, 0) is 0 Å². The summed E-state index contributed by atoms with van der Waals surface area (Å²) in [6.07, 6.45) is 1.99. The number of alkyl halides is 2. The summed E-state index contributed by atoms with van der Waals surface area (Å²) in [6, 6.07) is 1.48. The Morgan fingerprint density at radius 3 is 2.67 bits per heavy atom. The number of carbonyl (C=O) groups is 1. The molecule has 0 atom stereocenters. The maximum Gasteiger partial charge on any atom is 0.273 e. The Morgan fingerprint density at radius 2 is 2.27 bits per heavy atom. The molecule has 0 spiro atoms. The summed E-state index contributed by atoms with van der Waals surface area (Å²) in [6.45, 7) is 1.91. The fourth-order valence-corrected chi connectivity index (χ4v) is 1.81. The van der Waals surface area contributed by atoms with Crippen molar-refractivity contribution in [3.8, 4) is 0 Å². The van der Waals surface area contributed by atoms with Crippen molar-refractivity contribution in [2.24, 2.45) is 0 Å². The van der Waals surface area contributed by atoms with Gasteiger partial charge in [0.1, 0.15) is 6.26 Å². The molecule has 0 aliphatic rings. The molecule has 1 rings (SSSR count). The normalized spacial score (nSPS) is 11.4. The van der Waals surface area contributed by atoms with E-state index in [1.807, 2.05) is 6.92 Å². The third-order valence-electron chi connectivity index (χ3n) is 2.24.